The summed E-state index contributed by atoms with van der Waals surface area (Å²) in [6, 6.07) is 3.14. The summed E-state index contributed by atoms with van der Waals surface area (Å²) in [5, 5.41) is 4.49. The summed E-state index contributed by atoms with van der Waals surface area (Å²) in [4.78, 5) is 0.997. The third kappa shape index (κ3) is 2.88. The van der Waals surface area contributed by atoms with Crippen molar-refractivity contribution in [2.75, 3.05) is 0 Å². The maximum Gasteiger partial charge on any atom is 0.417 e. The van der Waals surface area contributed by atoms with Crippen LogP contribution in [0.5, 0.6) is 0 Å². The highest BCUT2D eigenvalue weighted by molar-refractivity contribution is 7.10. The third-order valence-electron chi connectivity index (χ3n) is 2.40. The van der Waals surface area contributed by atoms with E-state index in [4.69, 9.17) is 5.73 Å². The molecule has 2 aromatic rings. The summed E-state index contributed by atoms with van der Waals surface area (Å²) in [5.74, 6) is 0. The van der Waals surface area contributed by atoms with E-state index < -0.39 is 17.8 Å². The molecule has 2 aromatic heterocycles. The maximum atomic E-state index is 12.7. The molecule has 0 aliphatic carbocycles. The molecule has 1 nitrogen and oxygen atoms in total. The van der Waals surface area contributed by atoms with Gasteiger partial charge in [-0.05, 0) is 22.4 Å². The number of alkyl halides is 3. The number of thiophene rings is 2. The highest BCUT2D eigenvalue weighted by Gasteiger charge is 2.35. The molecule has 0 saturated carbocycles. The lowest BCUT2D eigenvalue weighted by molar-refractivity contribution is -0.138. The first-order valence-corrected chi connectivity index (χ1v) is 6.72. The first-order valence-electron chi connectivity index (χ1n) is 4.89. The first-order chi connectivity index (χ1) is 7.98. The van der Waals surface area contributed by atoms with Crippen molar-refractivity contribution in [1.29, 1.82) is 0 Å². The molecule has 0 aliphatic rings. The van der Waals surface area contributed by atoms with Gasteiger partial charge in [0.15, 0.2) is 0 Å². The Morgan fingerprint density at radius 3 is 2.65 bits per heavy atom. The summed E-state index contributed by atoms with van der Waals surface area (Å²) in [6.07, 6.45) is -3.88. The molecule has 92 valence electrons. The van der Waals surface area contributed by atoms with Gasteiger partial charge in [0.25, 0.3) is 0 Å². The number of hydrogen-bond acceptors (Lipinski definition) is 3. The fourth-order valence-corrected chi connectivity index (χ4v) is 3.27. The lowest BCUT2D eigenvalue weighted by Crippen LogP contribution is -2.17. The topological polar surface area (TPSA) is 26.0 Å². The van der Waals surface area contributed by atoms with E-state index in [9.17, 15) is 13.2 Å². The van der Waals surface area contributed by atoms with Gasteiger partial charge in [-0.1, -0.05) is 6.07 Å². The minimum atomic E-state index is -4.32. The van der Waals surface area contributed by atoms with Crippen LogP contribution in [0.25, 0.3) is 0 Å². The fraction of sp³-hybridized carbons (Fsp3) is 0.273. The molecule has 2 rings (SSSR count). The van der Waals surface area contributed by atoms with Gasteiger partial charge in [0, 0.05) is 22.7 Å². The molecule has 6 heteroatoms. The highest BCUT2D eigenvalue weighted by atomic mass is 32.1. The van der Waals surface area contributed by atoms with Crippen molar-refractivity contribution in [1.82, 2.24) is 0 Å². The Kier molecular flexibility index (Phi) is 3.56. The Morgan fingerprint density at radius 1 is 1.29 bits per heavy atom. The van der Waals surface area contributed by atoms with Crippen molar-refractivity contribution in [3.05, 3.63) is 44.3 Å². The standard InChI is InChI=1S/C11H10F3NS2/c12-11(13,14)9-6-16-5-8(9)10(15)4-7-2-1-3-17-7/h1-3,5-6,10H,4,15H2. The van der Waals surface area contributed by atoms with Crippen LogP contribution in [0.3, 0.4) is 0 Å². The molecule has 0 fully saturated rings. The van der Waals surface area contributed by atoms with Gasteiger partial charge in [0.1, 0.15) is 0 Å². The Morgan fingerprint density at radius 2 is 2.06 bits per heavy atom. The lowest BCUT2D eigenvalue weighted by Gasteiger charge is -2.13. The Hall–Kier alpha value is -0.850. The van der Waals surface area contributed by atoms with Gasteiger partial charge in [-0.3, -0.25) is 0 Å². The van der Waals surface area contributed by atoms with Crippen LogP contribution >= 0.6 is 22.7 Å². The molecule has 0 aromatic carbocycles. The molecule has 1 atom stereocenters. The van der Waals surface area contributed by atoms with E-state index in [1.54, 1.807) is 0 Å². The second kappa shape index (κ2) is 4.80. The van der Waals surface area contributed by atoms with E-state index >= 15 is 0 Å². The van der Waals surface area contributed by atoms with Crippen LogP contribution in [0.1, 0.15) is 22.0 Å². The van der Waals surface area contributed by atoms with Gasteiger partial charge < -0.3 is 5.73 Å². The van der Waals surface area contributed by atoms with E-state index in [1.807, 2.05) is 17.5 Å². The van der Waals surface area contributed by atoms with Gasteiger partial charge in [0.2, 0.25) is 0 Å². The molecular formula is C11H10F3NS2. The van der Waals surface area contributed by atoms with Crippen molar-refractivity contribution >= 4 is 22.7 Å². The average molecular weight is 277 g/mol. The average Bonchev–Trinajstić information content (AvgIpc) is 2.85. The minimum Gasteiger partial charge on any atom is -0.324 e. The molecule has 2 N–H and O–H groups in total. The normalized spacial score (nSPS) is 13.9. The van der Waals surface area contributed by atoms with Gasteiger partial charge >= 0.3 is 6.18 Å². The van der Waals surface area contributed by atoms with E-state index in [2.05, 4.69) is 0 Å². The molecule has 17 heavy (non-hydrogen) atoms. The zero-order valence-corrected chi connectivity index (χ0v) is 10.3. The van der Waals surface area contributed by atoms with Gasteiger partial charge in [-0.15, -0.1) is 11.3 Å². The van der Waals surface area contributed by atoms with Gasteiger partial charge in [0.05, 0.1) is 5.56 Å². The van der Waals surface area contributed by atoms with Crippen LogP contribution < -0.4 is 5.73 Å². The SMILES string of the molecule is NC(Cc1cccs1)c1cscc1C(F)(F)F. The molecule has 1 unspecified atom stereocenters. The summed E-state index contributed by atoms with van der Waals surface area (Å²) < 4.78 is 38.0. The third-order valence-corrected chi connectivity index (χ3v) is 4.06. The molecular weight excluding hydrogens is 267 g/mol. The minimum absolute atomic E-state index is 0.191. The first kappa shape index (κ1) is 12.6. The van der Waals surface area contributed by atoms with Crippen LogP contribution in [0.4, 0.5) is 13.2 Å². The summed E-state index contributed by atoms with van der Waals surface area (Å²) in [5.41, 5.74) is 5.43. The zero-order valence-electron chi connectivity index (χ0n) is 8.70. The van der Waals surface area contributed by atoms with Crippen molar-refractivity contribution in [3.8, 4) is 0 Å². The van der Waals surface area contributed by atoms with E-state index in [0.29, 0.717) is 6.42 Å². The second-order valence-corrected chi connectivity index (χ2v) is 5.40. The van der Waals surface area contributed by atoms with Gasteiger partial charge in [-0.2, -0.15) is 24.5 Å². The number of nitrogens with two attached hydrogens (primary N) is 1. The molecule has 0 saturated heterocycles. The quantitative estimate of drug-likeness (QED) is 0.899. The fourth-order valence-electron chi connectivity index (χ4n) is 1.58. The van der Waals surface area contributed by atoms with Crippen molar-refractivity contribution in [2.24, 2.45) is 5.73 Å². The maximum absolute atomic E-state index is 12.7. The molecule has 0 bridgehead atoms. The van der Waals surface area contributed by atoms with Crippen LogP contribution in [0, 0.1) is 0 Å². The lowest BCUT2D eigenvalue weighted by atomic mass is 10.0. The number of hydrogen-bond donors (Lipinski definition) is 1. The molecule has 0 spiro atoms. The van der Waals surface area contributed by atoms with E-state index in [0.717, 1.165) is 21.6 Å². The summed E-state index contributed by atoms with van der Waals surface area (Å²) >= 11 is 2.54. The largest absolute Gasteiger partial charge is 0.417 e. The summed E-state index contributed by atoms with van der Waals surface area (Å²) in [7, 11) is 0. The van der Waals surface area contributed by atoms with Crippen molar-refractivity contribution in [3.63, 3.8) is 0 Å². The van der Waals surface area contributed by atoms with Crippen molar-refractivity contribution < 1.29 is 13.2 Å². The van der Waals surface area contributed by atoms with Crippen LogP contribution in [0.2, 0.25) is 0 Å². The molecule has 0 amide bonds. The predicted octanol–water partition coefficient (Wildman–Crippen LogP) is 4.07. The monoisotopic (exact) mass is 277 g/mol. The Bertz CT molecular complexity index is 473. The van der Waals surface area contributed by atoms with Crippen LogP contribution in [-0.4, -0.2) is 0 Å². The van der Waals surface area contributed by atoms with Crippen LogP contribution in [-0.2, 0) is 12.6 Å². The van der Waals surface area contributed by atoms with Gasteiger partial charge in [-0.25, -0.2) is 0 Å². The highest BCUT2D eigenvalue weighted by Crippen LogP contribution is 2.37. The Balaban J connectivity index is 2.20. The van der Waals surface area contributed by atoms with Crippen LogP contribution in [0.15, 0.2) is 28.3 Å². The number of halogens is 3. The van der Waals surface area contributed by atoms with E-state index in [1.165, 1.54) is 16.7 Å². The molecule has 0 aliphatic heterocycles. The second-order valence-electron chi connectivity index (χ2n) is 3.63. The summed E-state index contributed by atoms with van der Waals surface area (Å²) in [6.45, 7) is 0. The van der Waals surface area contributed by atoms with E-state index in [-0.39, 0.29) is 5.56 Å². The van der Waals surface area contributed by atoms with Crippen molar-refractivity contribution in [2.45, 2.75) is 18.6 Å². The smallest absolute Gasteiger partial charge is 0.324 e. The zero-order chi connectivity index (χ0) is 12.5. The Labute approximate surface area is 105 Å². The predicted molar refractivity (Wildman–Crippen MR) is 64.3 cm³/mol. The number of rotatable bonds is 3. The molecule has 0 radical (unpaired) electrons. The molecule has 2 heterocycles.